The quantitative estimate of drug-likeness (QED) is 0.851. The van der Waals surface area contributed by atoms with Crippen LogP contribution in [-0.2, 0) is 11.3 Å². The second-order valence-corrected chi connectivity index (χ2v) is 7.20. The molecule has 1 saturated heterocycles. The fourth-order valence-corrected chi connectivity index (χ4v) is 3.72. The molecule has 0 spiro atoms. The Balaban J connectivity index is 1.56. The SMILES string of the molecule is O=C(c1cccc(O)c1)N1Cc2ccnn2[C@H](C(=O)N2CCC(F)(F)CC2)C1. The molecule has 3 heterocycles. The number of phenolic OH excluding ortho intramolecular Hbond substituents is 1. The number of phenols is 1. The van der Waals surface area contributed by atoms with E-state index in [-0.39, 0.29) is 56.6 Å². The highest BCUT2D eigenvalue weighted by molar-refractivity contribution is 5.95. The van der Waals surface area contributed by atoms with Crippen molar-refractivity contribution in [2.24, 2.45) is 0 Å². The molecule has 0 saturated carbocycles. The highest BCUT2D eigenvalue weighted by atomic mass is 19.3. The first-order valence-electron chi connectivity index (χ1n) is 9.11. The molecule has 1 fully saturated rings. The summed E-state index contributed by atoms with van der Waals surface area (Å²) in [6, 6.07) is 6.99. The summed E-state index contributed by atoms with van der Waals surface area (Å²) in [6.07, 6.45) is 0.842. The van der Waals surface area contributed by atoms with Crippen molar-refractivity contribution in [1.29, 1.82) is 0 Å². The minimum Gasteiger partial charge on any atom is -0.508 e. The topological polar surface area (TPSA) is 78.7 Å². The van der Waals surface area contributed by atoms with Crippen LogP contribution in [-0.4, -0.2) is 62.1 Å². The number of hydrogen-bond donors (Lipinski definition) is 1. The average molecular weight is 390 g/mol. The second kappa shape index (κ2) is 6.88. The van der Waals surface area contributed by atoms with Crippen molar-refractivity contribution in [2.75, 3.05) is 19.6 Å². The van der Waals surface area contributed by atoms with Crippen molar-refractivity contribution in [2.45, 2.75) is 31.4 Å². The Hall–Kier alpha value is -2.97. The summed E-state index contributed by atoms with van der Waals surface area (Å²) < 4.78 is 28.4. The van der Waals surface area contributed by atoms with E-state index in [2.05, 4.69) is 5.10 Å². The third-order valence-corrected chi connectivity index (χ3v) is 5.27. The number of aromatic nitrogens is 2. The summed E-state index contributed by atoms with van der Waals surface area (Å²) in [5, 5.41) is 13.8. The average Bonchev–Trinajstić information content (AvgIpc) is 3.15. The number of hydrogen-bond acceptors (Lipinski definition) is 4. The zero-order chi connectivity index (χ0) is 19.9. The van der Waals surface area contributed by atoms with E-state index in [1.54, 1.807) is 29.1 Å². The Bertz CT molecular complexity index is 904. The summed E-state index contributed by atoms with van der Waals surface area (Å²) in [6.45, 7) is 0.337. The van der Waals surface area contributed by atoms with E-state index >= 15 is 0 Å². The Morgan fingerprint density at radius 1 is 1.14 bits per heavy atom. The van der Waals surface area contributed by atoms with Crippen LogP contribution in [0.4, 0.5) is 8.78 Å². The maximum atomic E-state index is 13.4. The molecule has 1 aromatic heterocycles. The molecule has 7 nitrogen and oxygen atoms in total. The van der Waals surface area contributed by atoms with Gasteiger partial charge in [-0.1, -0.05) is 6.07 Å². The summed E-state index contributed by atoms with van der Waals surface area (Å²) >= 11 is 0. The second-order valence-electron chi connectivity index (χ2n) is 7.20. The number of carbonyl (C=O) groups excluding carboxylic acids is 2. The van der Waals surface area contributed by atoms with Crippen LogP contribution in [0.2, 0.25) is 0 Å². The Morgan fingerprint density at radius 2 is 1.89 bits per heavy atom. The number of benzene rings is 1. The number of rotatable bonds is 2. The van der Waals surface area contributed by atoms with E-state index < -0.39 is 12.0 Å². The van der Waals surface area contributed by atoms with Crippen LogP contribution in [0.15, 0.2) is 36.5 Å². The Labute approximate surface area is 160 Å². The molecule has 9 heteroatoms. The van der Waals surface area contributed by atoms with Crippen molar-refractivity contribution >= 4 is 11.8 Å². The Kier molecular flexibility index (Phi) is 4.52. The molecule has 2 amide bonds. The van der Waals surface area contributed by atoms with Gasteiger partial charge >= 0.3 is 0 Å². The van der Waals surface area contributed by atoms with Gasteiger partial charge < -0.3 is 14.9 Å². The zero-order valence-corrected chi connectivity index (χ0v) is 15.1. The van der Waals surface area contributed by atoms with Crippen LogP contribution in [0.1, 0.15) is 34.9 Å². The molecule has 0 aliphatic carbocycles. The minimum atomic E-state index is -2.74. The van der Waals surface area contributed by atoms with Crippen LogP contribution in [0.25, 0.3) is 0 Å². The minimum absolute atomic E-state index is 0.0144. The highest BCUT2D eigenvalue weighted by Gasteiger charge is 2.40. The standard InChI is InChI=1S/C19H20F2N4O3/c20-19(21)5-8-23(9-6-19)18(28)16-12-24(11-14-4-7-22-25(14)16)17(27)13-2-1-3-15(26)10-13/h1-4,7,10,16,26H,5-6,8-9,11-12H2/t16-/m0/s1. The first-order valence-corrected chi connectivity index (χ1v) is 9.11. The van der Waals surface area contributed by atoms with E-state index in [1.807, 2.05) is 0 Å². The number of likely N-dealkylation sites (tertiary alicyclic amines) is 1. The summed E-state index contributed by atoms with van der Waals surface area (Å²) in [4.78, 5) is 28.8. The van der Waals surface area contributed by atoms with E-state index in [0.29, 0.717) is 11.3 Å². The van der Waals surface area contributed by atoms with Crippen molar-refractivity contribution in [3.8, 4) is 5.75 Å². The molecule has 2 aliphatic heterocycles. The number of halogens is 2. The third kappa shape index (κ3) is 3.44. The summed E-state index contributed by atoms with van der Waals surface area (Å²) in [5.74, 6) is -3.38. The zero-order valence-electron chi connectivity index (χ0n) is 15.1. The van der Waals surface area contributed by atoms with Crippen LogP contribution in [0.5, 0.6) is 5.75 Å². The molecule has 1 N–H and O–H groups in total. The molecule has 1 atom stereocenters. The van der Waals surface area contributed by atoms with Gasteiger partial charge in [0.05, 0.1) is 18.8 Å². The summed E-state index contributed by atoms with van der Waals surface area (Å²) in [7, 11) is 0. The van der Waals surface area contributed by atoms with Gasteiger partial charge in [0.15, 0.2) is 0 Å². The molecule has 28 heavy (non-hydrogen) atoms. The molecule has 2 aromatic rings. The first kappa shape index (κ1) is 18.4. The van der Waals surface area contributed by atoms with Crippen LogP contribution in [0.3, 0.4) is 0 Å². The van der Waals surface area contributed by atoms with Crippen molar-refractivity contribution in [3.05, 3.63) is 47.8 Å². The molecule has 0 bridgehead atoms. The van der Waals surface area contributed by atoms with Gasteiger partial charge in [-0.3, -0.25) is 14.3 Å². The normalized spacial score (nSPS) is 21.3. The van der Waals surface area contributed by atoms with E-state index in [1.165, 1.54) is 21.9 Å². The first-order chi connectivity index (χ1) is 13.3. The predicted molar refractivity (Wildman–Crippen MR) is 94.9 cm³/mol. The molecule has 4 rings (SSSR count). The lowest BCUT2D eigenvalue weighted by Gasteiger charge is -2.38. The molecular formula is C19H20F2N4O3. The number of carbonyl (C=O) groups is 2. The number of amides is 2. The van der Waals surface area contributed by atoms with Crippen molar-refractivity contribution in [1.82, 2.24) is 19.6 Å². The molecule has 2 aliphatic rings. The van der Waals surface area contributed by atoms with Crippen molar-refractivity contribution < 1.29 is 23.5 Å². The maximum Gasteiger partial charge on any atom is 0.254 e. The van der Waals surface area contributed by atoms with Gasteiger partial charge in [0.2, 0.25) is 5.91 Å². The van der Waals surface area contributed by atoms with Gasteiger partial charge in [-0.2, -0.15) is 5.10 Å². The number of fused-ring (bicyclic) bond motifs is 1. The van der Waals surface area contributed by atoms with E-state index in [4.69, 9.17) is 0 Å². The molecule has 148 valence electrons. The summed E-state index contributed by atoms with van der Waals surface area (Å²) in [5.41, 5.74) is 1.01. The molecule has 0 radical (unpaired) electrons. The van der Waals surface area contributed by atoms with Crippen LogP contribution < -0.4 is 0 Å². The van der Waals surface area contributed by atoms with Gasteiger partial charge in [0.25, 0.3) is 11.8 Å². The van der Waals surface area contributed by atoms with Gasteiger partial charge in [0.1, 0.15) is 11.8 Å². The maximum absolute atomic E-state index is 13.4. The lowest BCUT2D eigenvalue weighted by Crippen LogP contribution is -2.51. The lowest BCUT2D eigenvalue weighted by atomic mass is 10.0. The number of piperidine rings is 1. The monoisotopic (exact) mass is 390 g/mol. The fraction of sp³-hybridized carbons (Fsp3) is 0.421. The van der Waals surface area contributed by atoms with Gasteiger partial charge in [0, 0.05) is 37.7 Å². The fourth-order valence-electron chi connectivity index (χ4n) is 3.72. The van der Waals surface area contributed by atoms with E-state index in [9.17, 15) is 23.5 Å². The Morgan fingerprint density at radius 3 is 2.61 bits per heavy atom. The number of aromatic hydroxyl groups is 1. The van der Waals surface area contributed by atoms with Gasteiger partial charge in [-0.15, -0.1) is 0 Å². The number of nitrogens with zero attached hydrogens (tertiary/aromatic N) is 4. The van der Waals surface area contributed by atoms with Crippen LogP contribution >= 0.6 is 0 Å². The van der Waals surface area contributed by atoms with Crippen molar-refractivity contribution in [3.63, 3.8) is 0 Å². The van der Waals surface area contributed by atoms with Gasteiger partial charge in [-0.05, 0) is 24.3 Å². The molecule has 1 aromatic carbocycles. The van der Waals surface area contributed by atoms with Crippen LogP contribution in [0, 0.1) is 0 Å². The lowest BCUT2D eigenvalue weighted by molar-refractivity contribution is -0.142. The number of alkyl halides is 2. The third-order valence-electron chi connectivity index (χ3n) is 5.27. The smallest absolute Gasteiger partial charge is 0.254 e. The molecule has 0 unspecified atom stereocenters. The highest BCUT2D eigenvalue weighted by Crippen LogP contribution is 2.30. The molecular weight excluding hydrogens is 370 g/mol. The van der Waals surface area contributed by atoms with Gasteiger partial charge in [-0.25, -0.2) is 8.78 Å². The predicted octanol–water partition coefficient (Wildman–Crippen LogP) is 2.04. The largest absolute Gasteiger partial charge is 0.508 e. The van der Waals surface area contributed by atoms with E-state index in [0.717, 1.165) is 0 Å².